The van der Waals surface area contributed by atoms with Gasteiger partial charge in [0.2, 0.25) is 0 Å². The van der Waals surface area contributed by atoms with Gasteiger partial charge in [0.15, 0.2) is 0 Å². The van der Waals surface area contributed by atoms with E-state index in [1.165, 1.54) is 0 Å². The van der Waals surface area contributed by atoms with Crippen molar-refractivity contribution in [1.82, 2.24) is 4.98 Å². The second kappa shape index (κ2) is 8.54. The Morgan fingerprint density at radius 3 is 2.80 bits per heavy atom. The number of hydrogen-bond donors (Lipinski definition) is 2. The van der Waals surface area contributed by atoms with E-state index in [1.807, 2.05) is 24.3 Å². The second-order valence-corrected chi connectivity index (χ2v) is 5.39. The van der Waals surface area contributed by atoms with Gasteiger partial charge in [-0.2, -0.15) is 0 Å². The molecule has 0 aliphatic carbocycles. The third kappa shape index (κ3) is 4.84. The van der Waals surface area contributed by atoms with E-state index in [0.29, 0.717) is 12.2 Å². The Hall–Kier alpha value is -3.28. The average molecular weight is 336 g/mol. The SMILES string of the molecule is C=N/C=C(\C=NC)c1ccc(-c2ccnc(N)c2)c(CCC(=O)O)c1. The van der Waals surface area contributed by atoms with Gasteiger partial charge < -0.3 is 10.8 Å². The summed E-state index contributed by atoms with van der Waals surface area (Å²) in [5.41, 5.74) is 10.2. The van der Waals surface area contributed by atoms with Crippen molar-refractivity contribution >= 4 is 30.3 Å². The van der Waals surface area contributed by atoms with Crippen LogP contribution < -0.4 is 5.73 Å². The van der Waals surface area contributed by atoms with Gasteiger partial charge in [0.05, 0.1) is 0 Å². The highest BCUT2D eigenvalue weighted by atomic mass is 16.4. The van der Waals surface area contributed by atoms with Crippen molar-refractivity contribution in [3.8, 4) is 11.1 Å². The third-order valence-corrected chi connectivity index (χ3v) is 3.64. The molecule has 0 aliphatic heterocycles. The van der Waals surface area contributed by atoms with E-state index in [2.05, 4.69) is 21.7 Å². The Bertz CT molecular complexity index is 841. The van der Waals surface area contributed by atoms with E-state index in [1.54, 1.807) is 31.7 Å². The molecule has 1 aromatic carbocycles. The summed E-state index contributed by atoms with van der Waals surface area (Å²) >= 11 is 0. The Balaban J connectivity index is 2.54. The zero-order valence-electron chi connectivity index (χ0n) is 14.0. The van der Waals surface area contributed by atoms with Crippen molar-refractivity contribution in [2.24, 2.45) is 9.98 Å². The van der Waals surface area contributed by atoms with Crippen molar-refractivity contribution in [2.75, 3.05) is 12.8 Å². The molecule has 6 heteroatoms. The summed E-state index contributed by atoms with van der Waals surface area (Å²) in [6.45, 7) is 3.48. The van der Waals surface area contributed by atoms with Gasteiger partial charge in [-0.25, -0.2) is 4.98 Å². The highest BCUT2D eigenvalue weighted by molar-refractivity contribution is 6.10. The standard InChI is InChI=1S/C19H20N4O2/c1-21-11-16(12-22-2)13-3-5-17(14(9-13)4-6-19(24)25)15-7-8-23-18(20)10-15/h3,5,7-12H,1,4,6H2,2H3,(H2,20,23)(H,24,25)/b16-11+,22-12?. The van der Waals surface area contributed by atoms with Crippen LogP contribution in [0.1, 0.15) is 17.5 Å². The van der Waals surface area contributed by atoms with Gasteiger partial charge in [-0.1, -0.05) is 18.2 Å². The molecule has 0 bridgehead atoms. The quantitative estimate of drug-likeness (QED) is 0.759. The molecular formula is C19H20N4O2. The number of pyridine rings is 1. The van der Waals surface area contributed by atoms with Crippen LogP contribution in [0.15, 0.2) is 52.7 Å². The lowest BCUT2D eigenvalue weighted by Gasteiger charge is -2.12. The number of aryl methyl sites for hydroxylation is 1. The van der Waals surface area contributed by atoms with Crippen molar-refractivity contribution < 1.29 is 9.90 Å². The number of aromatic nitrogens is 1. The molecule has 0 fully saturated rings. The Kier molecular flexibility index (Phi) is 6.17. The predicted octanol–water partition coefficient (Wildman–Crippen LogP) is 3.09. The fourth-order valence-electron chi connectivity index (χ4n) is 2.54. The molecule has 0 amide bonds. The molecule has 0 saturated heterocycles. The largest absolute Gasteiger partial charge is 0.481 e. The van der Waals surface area contributed by atoms with Crippen LogP contribution in [0.4, 0.5) is 5.82 Å². The molecule has 0 spiro atoms. The molecule has 3 N–H and O–H groups in total. The number of carbonyl (C=O) groups is 1. The number of benzene rings is 1. The van der Waals surface area contributed by atoms with Gasteiger partial charge in [-0.15, -0.1) is 0 Å². The maximum Gasteiger partial charge on any atom is 0.303 e. The molecule has 0 unspecified atom stereocenters. The lowest BCUT2D eigenvalue weighted by atomic mass is 9.93. The number of carboxylic acid groups (broad SMARTS) is 1. The molecule has 0 radical (unpaired) electrons. The minimum absolute atomic E-state index is 0.0393. The van der Waals surface area contributed by atoms with Gasteiger partial charge in [0, 0.05) is 37.7 Å². The number of aliphatic imine (C=N–C) groups is 2. The van der Waals surface area contributed by atoms with E-state index in [0.717, 1.165) is 27.8 Å². The first-order chi connectivity index (χ1) is 12.0. The maximum absolute atomic E-state index is 11.0. The Labute approximate surface area is 146 Å². The number of allylic oxidation sites excluding steroid dienone is 1. The fraction of sp³-hybridized carbons (Fsp3) is 0.158. The summed E-state index contributed by atoms with van der Waals surface area (Å²) in [4.78, 5) is 22.8. The number of hydrogen-bond acceptors (Lipinski definition) is 5. The van der Waals surface area contributed by atoms with Gasteiger partial charge in [0.25, 0.3) is 0 Å². The summed E-state index contributed by atoms with van der Waals surface area (Å²) in [6, 6.07) is 9.46. The Morgan fingerprint density at radius 2 is 2.16 bits per heavy atom. The summed E-state index contributed by atoms with van der Waals surface area (Å²) in [5.74, 6) is -0.426. The molecule has 128 valence electrons. The second-order valence-electron chi connectivity index (χ2n) is 5.39. The van der Waals surface area contributed by atoms with Gasteiger partial charge in [0.1, 0.15) is 5.82 Å². The van der Waals surface area contributed by atoms with Crippen LogP contribution in [-0.2, 0) is 11.2 Å². The molecule has 25 heavy (non-hydrogen) atoms. The molecular weight excluding hydrogens is 316 g/mol. The molecule has 1 aromatic heterocycles. The number of nitrogen functional groups attached to an aromatic ring is 1. The van der Waals surface area contributed by atoms with Crippen molar-refractivity contribution in [2.45, 2.75) is 12.8 Å². The number of nitrogens with zero attached hydrogens (tertiary/aromatic N) is 3. The maximum atomic E-state index is 11.0. The molecule has 0 atom stereocenters. The predicted molar refractivity (Wildman–Crippen MR) is 102 cm³/mol. The van der Waals surface area contributed by atoms with Crippen molar-refractivity contribution in [1.29, 1.82) is 0 Å². The molecule has 2 aromatic rings. The zero-order valence-corrected chi connectivity index (χ0v) is 14.0. The molecule has 6 nitrogen and oxygen atoms in total. The number of rotatable bonds is 7. The van der Waals surface area contributed by atoms with E-state index >= 15 is 0 Å². The van der Waals surface area contributed by atoms with Crippen LogP contribution in [0.3, 0.4) is 0 Å². The normalized spacial score (nSPS) is 11.6. The zero-order chi connectivity index (χ0) is 18.2. The highest BCUT2D eigenvalue weighted by Crippen LogP contribution is 2.28. The average Bonchev–Trinajstić information content (AvgIpc) is 2.59. The summed E-state index contributed by atoms with van der Waals surface area (Å²) in [7, 11) is 1.68. The minimum Gasteiger partial charge on any atom is -0.481 e. The summed E-state index contributed by atoms with van der Waals surface area (Å²) in [6.07, 6.45) is 5.38. The summed E-state index contributed by atoms with van der Waals surface area (Å²) in [5, 5.41) is 9.04. The topological polar surface area (TPSA) is 101 Å². The lowest BCUT2D eigenvalue weighted by molar-refractivity contribution is -0.136. The smallest absolute Gasteiger partial charge is 0.303 e. The van der Waals surface area contributed by atoms with Crippen LogP contribution in [0.5, 0.6) is 0 Å². The lowest BCUT2D eigenvalue weighted by Crippen LogP contribution is -2.01. The number of nitrogens with two attached hydrogens (primary N) is 1. The van der Waals surface area contributed by atoms with Gasteiger partial charge in [-0.3, -0.25) is 14.8 Å². The fourth-order valence-corrected chi connectivity index (χ4v) is 2.54. The summed E-state index contributed by atoms with van der Waals surface area (Å²) < 4.78 is 0. The van der Waals surface area contributed by atoms with Crippen LogP contribution in [0.25, 0.3) is 16.7 Å². The number of anilines is 1. The first kappa shape index (κ1) is 18.1. The molecule has 2 rings (SSSR count). The minimum atomic E-state index is -0.843. The monoisotopic (exact) mass is 336 g/mol. The van der Waals surface area contributed by atoms with Gasteiger partial charge >= 0.3 is 5.97 Å². The number of aliphatic carboxylic acids is 1. The molecule has 0 saturated carbocycles. The Morgan fingerprint density at radius 1 is 1.36 bits per heavy atom. The van der Waals surface area contributed by atoms with E-state index in [9.17, 15) is 4.79 Å². The van der Waals surface area contributed by atoms with Crippen LogP contribution >= 0.6 is 0 Å². The van der Waals surface area contributed by atoms with Crippen molar-refractivity contribution in [3.63, 3.8) is 0 Å². The first-order valence-electron chi connectivity index (χ1n) is 7.70. The van der Waals surface area contributed by atoms with E-state index in [4.69, 9.17) is 10.8 Å². The van der Waals surface area contributed by atoms with Crippen LogP contribution in [0.2, 0.25) is 0 Å². The molecule has 0 aliphatic rings. The van der Waals surface area contributed by atoms with Crippen molar-refractivity contribution in [3.05, 3.63) is 53.9 Å². The van der Waals surface area contributed by atoms with Crippen LogP contribution in [0, 0.1) is 0 Å². The number of carboxylic acids is 1. The van der Waals surface area contributed by atoms with Crippen LogP contribution in [-0.4, -0.2) is 36.0 Å². The highest BCUT2D eigenvalue weighted by Gasteiger charge is 2.11. The van der Waals surface area contributed by atoms with Gasteiger partial charge in [-0.05, 0) is 47.5 Å². The third-order valence-electron chi connectivity index (χ3n) is 3.64. The molecule has 1 heterocycles. The van der Waals surface area contributed by atoms with E-state index < -0.39 is 5.97 Å². The first-order valence-corrected chi connectivity index (χ1v) is 7.70. The van der Waals surface area contributed by atoms with E-state index in [-0.39, 0.29) is 6.42 Å².